The smallest absolute Gasteiger partial charge is 0.255 e. The van der Waals surface area contributed by atoms with Crippen molar-refractivity contribution in [2.75, 3.05) is 17.2 Å². The molecule has 15 nitrogen and oxygen atoms in total. The number of amides is 4. The molecule has 6 N–H and O–H groups in total. The average Bonchev–Trinajstić information content (AvgIpc) is 3.62. The number of aliphatic imine (C=N–C) groups is 1. The van der Waals surface area contributed by atoms with Crippen molar-refractivity contribution in [2.24, 2.45) is 10.1 Å². The van der Waals surface area contributed by atoms with Crippen LogP contribution in [0.5, 0.6) is 0 Å². The molecule has 2 fully saturated rings. The molecular formula is C53H54ClF2N11O4. The Morgan fingerprint density at radius 1 is 0.873 bits per heavy atom. The molecule has 4 amide bonds. The third-order valence-corrected chi connectivity index (χ3v) is 13.8. The van der Waals surface area contributed by atoms with Crippen LogP contribution in [0, 0.1) is 17.2 Å². The van der Waals surface area contributed by atoms with Gasteiger partial charge in [0.05, 0.1) is 23.5 Å². The van der Waals surface area contributed by atoms with Crippen LogP contribution in [0.1, 0.15) is 115 Å². The minimum Gasteiger partial charge on any atom is -0.386 e. The number of carbonyl (C=O) groups excluding carboxylic acids is 4. The van der Waals surface area contributed by atoms with E-state index in [0.717, 1.165) is 69.9 Å². The molecule has 71 heavy (non-hydrogen) atoms. The second kappa shape index (κ2) is 22.2. The number of aromatic nitrogens is 2. The molecule has 5 aromatic rings. The molecule has 3 aliphatic heterocycles. The fourth-order valence-electron chi connectivity index (χ4n) is 9.78. The minimum atomic E-state index is -0.724. The maximum absolute atomic E-state index is 15.0. The van der Waals surface area contributed by atoms with E-state index in [0.29, 0.717) is 74.0 Å². The van der Waals surface area contributed by atoms with Crippen molar-refractivity contribution in [1.29, 1.82) is 5.53 Å². The van der Waals surface area contributed by atoms with Crippen molar-refractivity contribution < 1.29 is 28.0 Å². The summed E-state index contributed by atoms with van der Waals surface area (Å²) in [4.78, 5) is 65.4. The van der Waals surface area contributed by atoms with E-state index >= 15 is 0 Å². The lowest BCUT2D eigenvalue weighted by atomic mass is 9.91. The van der Waals surface area contributed by atoms with Gasteiger partial charge < -0.3 is 26.2 Å². The summed E-state index contributed by atoms with van der Waals surface area (Å²) in [5.74, 6) is -2.30. The first-order valence-electron chi connectivity index (χ1n) is 24.2. The molecule has 366 valence electrons. The van der Waals surface area contributed by atoms with Gasteiger partial charge >= 0.3 is 0 Å². The number of benzene rings is 4. The monoisotopic (exact) mass is 981 g/mol. The van der Waals surface area contributed by atoms with E-state index in [9.17, 15) is 28.0 Å². The number of rotatable bonds is 18. The molecule has 4 heterocycles. The maximum Gasteiger partial charge on any atom is 0.255 e. The zero-order valence-electron chi connectivity index (χ0n) is 39.0. The molecule has 0 spiro atoms. The molecule has 1 saturated heterocycles. The maximum atomic E-state index is 15.0. The van der Waals surface area contributed by atoms with Gasteiger partial charge in [0.2, 0.25) is 23.7 Å². The van der Waals surface area contributed by atoms with E-state index in [1.807, 2.05) is 30.5 Å². The van der Waals surface area contributed by atoms with Gasteiger partial charge in [-0.05, 0) is 100 Å². The van der Waals surface area contributed by atoms with Crippen LogP contribution in [0.3, 0.4) is 0 Å². The highest BCUT2D eigenvalue weighted by Gasteiger charge is 2.40. The molecule has 1 aliphatic carbocycles. The number of hydrogen-bond acceptors (Lipinski definition) is 12. The Morgan fingerprint density at radius 2 is 1.62 bits per heavy atom. The van der Waals surface area contributed by atoms with Crippen LogP contribution in [-0.2, 0) is 27.5 Å². The second-order valence-electron chi connectivity index (χ2n) is 18.3. The van der Waals surface area contributed by atoms with Crippen molar-refractivity contribution in [1.82, 2.24) is 30.8 Å². The number of nitrogens with one attached hydrogen (secondary N) is 6. The fourth-order valence-corrected chi connectivity index (χ4v) is 9.95. The Labute approximate surface area is 414 Å². The van der Waals surface area contributed by atoms with E-state index in [2.05, 4.69) is 41.7 Å². The molecule has 4 aliphatic rings. The van der Waals surface area contributed by atoms with Crippen LogP contribution in [-0.4, -0.2) is 68.9 Å². The summed E-state index contributed by atoms with van der Waals surface area (Å²) >= 11 is 6.38. The number of nitrogens with zero attached hydrogens (tertiary/aromatic N) is 5. The fraction of sp³-hybridized carbons (Fsp3) is 0.340. The van der Waals surface area contributed by atoms with Gasteiger partial charge in [-0.25, -0.2) is 24.3 Å². The van der Waals surface area contributed by atoms with Crippen molar-refractivity contribution >= 4 is 64.0 Å². The molecule has 18 heteroatoms. The number of unbranched alkanes of at least 4 members (excludes halogenated alkanes) is 4. The van der Waals surface area contributed by atoms with Crippen LogP contribution < -0.4 is 26.6 Å². The summed E-state index contributed by atoms with van der Waals surface area (Å²) in [6, 6.07) is 21.5. The lowest BCUT2D eigenvalue weighted by molar-refractivity contribution is -0.137. The predicted octanol–water partition coefficient (Wildman–Crippen LogP) is 9.73. The highest BCUT2D eigenvalue weighted by atomic mass is 35.5. The normalized spacial score (nSPS) is 18.7. The number of carbonyl (C=O) groups is 4. The highest BCUT2D eigenvalue weighted by molar-refractivity contribution is 6.31. The van der Waals surface area contributed by atoms with Crippen molar-refractivity contribution in [3.05, 3.63) is 141 Å². The summed E-state index contributed by atoms with van der Waals surface area (Å²) < 4.78 is 30.0. The number of piperidine rings is 1. The summed E-state index contributed by atoms with van der Waals surface area (Å²) in [6.07, 6.45) is 13.3. The van der Waals surface area contributed by atoms with Gasteiger partial charge in [-0.2, -0.15) is 5.11 Å². The number of halogens is 3. The SMILES string of the molecule is N=N/C(=C\NC1CCC(NCCCCCCCC(=O)Nc2cccc3c2CN(C2CCC(=O)NC2=O)C3=O)CC1)c1ccc(Nc2ncc3c(n2)-c2ccc(Cl)cc2C(c2c(F)cccc2F)=NC3)cc1. The van der Waals surface area contributed by atoms with Gasteiger partial charge in [0.15, 0.2) is 0 Å². The number of anilines is 3. The van der Waals surface area contributed by atoms with E-state index in [1.54, 1.807) is 42.6 Å². The zero-order chi connectivity index (χ0) is 49.4. The number of fused-ring (bicyclic) bond motifs is 4. The Morgan fingerprint density at radius 3 is 2.39 bits per heavy atom. The lowest BCUT2D eigenvalue weighted by Crippen LogP contribution is -2.52. The van der Waals surface area contributed by atoms with E-state index in [1.165, 1.54) is 23.1 Å². The molecule has 0 bridgehead atoms. The third kappa shape index (κ3) is 11.4. The summed E-state index contributed by atoms with van der Waals surface area (Å²) in [5.41, 5.74) is 13.9. The lowest BCUT2D eigenvalue weighted by Gasteiger charge is -2.29. The van der Waals surface area contributed by atoms with E-state index < -0.39 is 23.6 Å². The van der Waals surface area contributed by atoms with Gasteiger partial charge in [-0.1, -0.05) is 61.2 Å². The first-order valence-corrected chi connectivity index (χ1v) is 24.6. The van der Waals surface area contributed by atoms with Crippen molar-refractivity contribution in [3.63, 3.8) is 0 Å². The third-order valence-electron chi connectivity index (χ3n) is 13.6. The van der Waals surface area contributed by atoms with Gasteiger partial charge in [0, 0.05) is 93.6 Å². The van der Waals surface area contributed by atoms with Crippen LogP contribution in [0.2, 0.25) is 5.02 Å². The quantitative estimate of drug-likeness (QED) is 0.0280. The van der Waals surface area contributed by atoms with E-state index in [4.69, 9.17) is 22.1 Å². The van der Waals surface area contributed by atoms with Crippen LogP contribution in [0.4, 0.5) is 26.1 Å². The molecule has 1 saturated carbocycles. The Balaban J connectivity index is 0.675. The van der Waals surface area contributed by atoms with Crippen LogP contribution in [0.25, 0.3) is 17.0 Å². The minimum absolute atomic E-state index is 0.104. The van der Waals surface area contributed by atoms with Gasteiger partial charge in [0.1, 0.15) is 23.4 Å². The molecule has 1 atom stereocenters. The average molecular weight is 983 g/mol. The topological polar surface area (TPSA) is 206 Å². The standard InChI is InChI=1S/C53H54ClF2N11O4/c54-33-15-22-37-39(26-33)50(48-41(55)9-7-10-42(48)56)60-27-32-28-61-53(65-49(32)37)62-36-16-13-31(14-17-36)44(66-57)29-59-35-20-18-34(19-21-35)58-25-5-3-1-2-4-12-46(68)63-43-11-6-8-38-40(43)30-67(52(38)71)45-23-24-47(69)64-51(45)70/h6-11,13-17,22,26,28-29,34-35,45,57-59H,1-5,12,18-21,23-25,27,30H2,(H,63,68)(H,61,62,65)(H,64,69,70)/b44-29-,66-57?. The van der Waals surface area contributed by atoms with Gasteiger partial charge in [-0.15, -0.1) is 0 Å². The van der Waals surface area contributed by atoms with Crippen LogP contribution >= 0.6 is 11.6 Å². The summed E-state index contributed by atoms with van der Waals surface area (Å²) in [7, 11) is 0. The van der Waals surface area contributed by atoms with Gasteiger partial charge in [0.25, 0.3) is 5.91 Å². The molecular weight excluding hydrogens is 928 g/mol. The second-order valence-corrected chi connectivity index (χ2v) is 18.8. The number of imide groups is 1. The van der Waals surface area contributed by atoms with Crippen molar-refractivity contribution in [2.45, 2.75) is 108 Å². The molecule has 4 aromatic carbocycles. The number of hydrogen-bond donors (Lipinski definition) is 6. The molecule has 1 unspecified atom stereocenters. The Kier molecular flexibility index (Phi) is 15.3. The Bertz CT molecular complexity index is 2900. The summed E-state index contributed by atoms with van der Waals surface area (Å²) in [5, 5.41) is 20.0. The zero-order valence-corrected chi connectivity index (χ0v) is 39.8. The van der Waals surface area contributed by atoms with Gasteiger partial charge in [-0.3, -0.25) is 29.5 Å². The first-order chi connectivity index (χ1) is 34.5. The predicted molar refractivity (Wildman–Crippen MR) is 267 cm³/mol. The van der Waals surface area contributed by atoms with Crippen LogP contribution in [0.15, 0.2) is 101 Å². The first kappa shape index (κ1) is 48.8. The van der Waals surface area contributed by atoms with Crippen molar-refractivity contribution in [3.8, 4) is 11.3 Å². The Hall–Kier alpha value is -7.24. The molecule has 0 radical (unpaired) electrons. The molecule has 1 aromatic heterocycles. The largest absolute Gasteiger partial charge is 0.386 e. The van der Waals surface area contributed by atoms with E-state index in [-0.39, 0.29) is 61.0 Å². The highest BCUT2D eigenvalue weighted by Crippen LogP contribution is 2.36. The molecule has 9 rings (SSSR count). The summed E-state index contributed by atoms with van der Waals surface area (Å²) in [6.45, 7) is 1.26.